The van der Waals surface area contributed by atoms with E-state index >= 15 is 0 Å². The molecule has 104 valence electrons. The molecule has 0 aromatic heterocycles. The maximum atomic E-state index is 12.5. The summed E-state index contributed by atoms with van der Waals surface area (Å²) in [5, 5.41) is 3.32. The van der Waals surface area contributed by atoms with Crippen LogP contribution in [0.2, 0.25) is 0 Å². The van der Waals surface area contributed by atoms with Gasteiger partial charge in [0.05, 0.1) is 9.79 Å². The highest BCUT2D eigenvalue weighted by atomic mass is 32.2. The highest BCUT2D eigenvalue weighted by Crippen LogP contribution is 2.26. The molecule has 1 heterocycles. The van der Waals surface area contributed by atoms with Gasteiger partial charge in [0.2, 0.25) is 9.84 Å². The Morgan fingerprint density at radius 2 is 1.55 bits per heavy atom. The average Bonchev–Trinajstić information content (AvgIpc) is 3.02. The van der Waals surface area contributed by atoms with E-state index in [2.05, 4.69) is 5.32 Å². The summed E-state index contributed by atoms with van der Waals surface area (Å²) in [6, 6.07) is 15.9. The summed E-state index contributed by atoms with van der Waals surface area (Å²) >= 11 is 0. The van der Waals surface area contributed by atoms with E-state index in [0.29, 0.717) is 15.7 Å². The van der Waals surface area contributed by atoms with Crippen LogP contribution in [-0.2, 0) is 9.84 Å². The summed E-state index contributed by atoms with van der Waals surface area (Å²) in [7, 11) is -3.39. The van der Waals surface area contributed by atoms with Crippen LogP contribution in [-0.4, -0.2) is 21.5 Å². The summed E-state index contributed by atoms with van der Waals surface area (Å²) in [6.07, 6.45) is 1.12. The van der Waals surface area contributed by atoms with Crippen LogP contribution >= 0.6 is 0 Å². The van der Waals surface area contributed by atoms with E-state index in [1.807, 2.05) is 18.2 Å². The maximum Gasteiger partial charge on any atom is 0.206 e. The first-order valence-corrected chi connectivity index (χ1v) is 8.27. The number of sulfone groups is 1. The van der Waals surface area contributed by atoms with E-state index in [1.165, 1.54) is 5.56 Å². The summed E-state index contributed by atoms with van der Waals surface area (Å²) in [5.41, 5.74) is 1.21. The van der Waals surface area contributed by atoms with Gasteiger partial charge in [-0.25, -0.2) is 8.42 Å². The number of benzene rings is 2. The molecule has 2 aromatic carbocycles. The van der Waals surface area contributed by atoms with Crippen LogP contribution in [0.25, 0.3) is 0 Å². The highest BCUT2D eigenvalue weighted by molar-refractivity contribution is 7.91. The van der Waals surface area contributed by atoms with Gasteiger partial charge in [0.1, 0.15) is 0 Å². The van der Waals surface area contributed by atoms with E-state index in [9.17, 15) is 8.42 Å². The molecule has 0 aliphatic carbocycles. The molecule has 0 unspecified atom stereocenters. The predicted octanol–water partition coefficient (Wildman–Crippen LogP) is 2.60. The molecule has 20 heavy (non-hydrogen) atoms. The Balaban J connectivity index is 1.91. The Morgan fingerprint density at radius 3 is 2.15 bits per heavy atom. The van der Waals surface area contributed by atoms with Gasteiger partial charge in [-0.1, -0.05) is 30.3 Å². The predicted molar refractivity (Wildman–Crippen MR) is 78.6 cm³/mol. The molecule has 1 fully saturated rings. The summed E-state index contributed by atoms with van der Waals surface area (Å²) in [4.78, 5) is 0.702. The van der Waals surface area contributed by atoms with Crippen molar-refractivity contribution in [2.24, 2.45) is 0 Å². The largest absolute Gasteiger partial charge is 0.316 e. The van der Waals surface area contributed by atoms with Gasteiger partial charge < -0.3 is 5.32 Å². The molecule has 0 saturated carbocycles. The molecule has 1 aliphatic heterocycles. The van der Waals surface area contributed by atoms with E-state index in [4.69, 9.17) is 0 Å². The molecule has 3 nitrogen and oxygen atoms in total. The van der Waals surface area contributed by atoms with Gasteiger partial charge in [-0.3, -0.25) is 0 Å². The normalized spacial score (nSPS) is 19.1. The van der Waals surface area contributed by atoms with Crippen molar-refractivity contribution in [1.82, 2.24) is 5.32 Å². The van der Waals surface area contributed by atoms with Crippen molar-refractivity contribution >= 4 is 9.84 Å². The average molecular weight is 287 g/mol. The van der Waals surface area contributed by atoms with E-state index in [1.54, 1.807) is 36.4 Å². The van der Waals surface area contributed by atoms with Crippen LogP contribution in [0.4, 0.5) is 0 Å². The van der Waals surface area contributed by atoms with Gasteiger partial charge in [0.25, 0.3) is 0 Å². The van der Waals surface area contributed by atoms with Crippen LogP contribution in [0, 0.1) is 0 Å². The molecule has 4 heteroatoms. The van der Waals surface area contributed by atoms with Gasteiger partial charge in [0, 0.05) is 6.54 Å². The second-order valence-corrected chi connectivity index (χ2v) is 7.02. The lowest BCUT2D eigenvalue weighted by molar-refractivity contribution is 0.596. The lowest BCUT2D eigenvalue weighted by Gasteiger charge is -2.10. The zero-order valence-electron chi connectivity index (χ0n) is 11.1. The van der Waals surface area contributed by atoms with Crippen LogP contribution < -0.4 is 5.32 Å². The highest BCUT2D eigenvalue weighted by Gasteiger charge is 2.19. The van der Waals surface area contributed by atoms with Gasteiger partial charge >= 0.3 is 0 Å². The van der Waals surface area contributed by atoms with Crippen LogP contribution in [0.3, 0.4) is 0 Å². The number of rotatable bonds is 3. The number of nitrogens with one attached hydrogen (secondary N) is 1. The molecule has 0 radical (unpaired) electrons. The van der Waals surface area contributed by atoms with Gasteiger partial charge in [-0.05, 0) is 48.7 Å². The molecule has 3 rings (SSSR count). The van der Waals surface area contributed by atoms with Gasteiger partial charge in [-0.15, -0.1) is 0 Å². The molecular weight excluding hydrogens is 270 g/mol. The third-order valence-corrected chi connectivity index (χ3v) is 5.56. The van der Waals surface area contributed by atoms with E-state index < -0.39 is 9.84 Å². The van der Waals surface area contributed by atoms with Crippen molar-refractivity contribution in [2.45, 2.75) is 22.1 Å². The minimum absolute atomic E-state index is 0.343. The van der Waals surface area contributed by atoms with Crippen molar-refractivity contribution in [3.8, 4) is 0 Å². The smallest absolute Gasteiger partial charge is 0.206 e. The maximum absolute atomic E-state index is 12.5. The SMILES string of the molecule is O=S(=O)(c1ccccc1)c1ccc([C@@H]2CCNC2)cc1. The molecular formula is C16H17NO2S. The van der Waals surface area contributed by atoms with Crippen molar-refractivity contribution in [1.29, 1.82) is 0 Å². The summed E-state index contributed by atoms with van der Waals surface area (Å²) < 4.78 is 24.9. The number of hydrogen-bond acceptors (Lipinski definition) is 3. The monoisotopic (exact) mass is 287 g/mol. The Bertz CT molecular complexity index is 672. The Labute approximate surface area is 119 Å². The first-order chi connectivity index (χ1) is 9.68. The fraction of sp³-hybridized carbons (Fsp3) is 0.250. The van der Waals surface area contributed by atoms with Crippen molar-refractivity contribution in [2.75, 3.05) is 13.1 Å². The minimum Gasteiger partial charge on any atom is -0.316 e. The zero-order valence-corrected chi connectivity index (χ0v) is 11.9. The molecule has 0 bridgehead atoms. The zero-order chi connectivity index (χ0) is 14.0. The first-order valence-electron chi connectivity index (χ1n) is 6.79. The van der Waals surface area contributed by atoms with Gasteiger partial charge in [-0.2, -0.15) is 0 Å². The molecule has 0 spiro atoms. The van der Waals surface area contributed by atoms with Gasteiger partial charge in [0.15, 0.2) is 0 Å². The summed E-state index contributed by atoms with van der Waals surface area (Å²) in [5.74, 6) is 0.503. The fourth-order valence-electron chi connectivity index (χ4n) is 2.59. The van der Waals surface area contributed by atoms with Crippen LogP contribution in [0.5, 0.6) is 0 Å². The van der Waals surface area contributed by atoms with Crippen LogP contribution in [0.15, 0.2) is 64.4 Å². The van der Waals surface area contributed by atoms with Crippen molar-refractivity contribution < 1.29 is 8.42 Å². The Morgan fingerprint density at radius 1 is 0.900 bits per heavy atom. The quantitative estimate of drug-likeness (QED) is 0.944. The molecule has 1 atom stereocenters. The third-order valence-electron chi connectivity index (χ3n) is 3.78. The Hall–Kier alpha value is -1.65. The number of hydrogen-bond donors (Lipinski definition) is 1. The molecule has 2 aromatic rings. The lowest BCUT2D eigenvalue weighted by Crippen LogP contribution is -2.08. The summed E-state index contributed by atoms with van der Waals surface area (Å²) in [6.45, 7) is 2.01. The fourth-order valence-corrected chi connectivity index (χ4v) is 3.88. The third kappa shape index (κ3) is 2.49. The molecule has 1 saturated heterocycles. The standard InChI is InChI=1S/C16H17NO2S/c18-20(19,15-4-2-1-3-5-15)16-8-6-13(7-9-16)14-10-11-17-12-14/h1-9,14,17H,10-12H2/t14-/m1/s1. The van der Waals surface area contributed by atoms with Crippen LogP contribution in [0.1, 0.15) is 17.9 Å². The second-order valence-electron chi connectivity index (χ2n) is 5.08. The minimum atomic E-state index is -3.39. The first kappa shape index (κ1) is 13.3. The van der Waals surface area contributed by atoms with Crippen molar-refractivity contribution in [3.05, 3.63) is 60.2 Å². The lowest BCUT2D eigenvalue weighted by atomic mass is 9.99. The topological polar surface area (TPSA) is 46.2 Å². The van der Waals surface area contributed by atoms with E-state index in [-0.39, 0.29) is 0 Å². The second kappa shape index (κ2) is 5.38. The molecule has 1 aliphatic rings. The van der Waals surface area contributed by atoms with E-state index in [0.717, 1.165) is 19.5 Å². The molecule has 0 amide bonds. The van der Waals surface area contributed by atoms with Crippen molar-refractivity contribution in [3.63, 3.8) is 0 Å². The Kier molecular flexibility index (Phi) is 3.59. The molecule has 1 N–H and O–H groups in total.